The number of fused-ring (bicyclic) bond motifs is 1. The van der Waals surface area contributed by atoms with Crippen molar-refractivity contribution in [2.75, 3.05) is 18.0 Å². The number of piperidine rings is 1. The number of aromatic nitrogens is 1. The first kappa shape index (κ1) is 14.3. The van der Waals surface area contributed by atoms with Crippen LogP contribution in [0.25, 0.3) is 10.9 Å². The van der Waals surface area contributed by atoms with Crippen LogP contribution < -0.4 is 10.6 Å². The van der Waals surface area contributed by atoms with Crippen LogP contribution in [0.15, 0.2) is 30.5 Å². The maximum Gasteiger partial charge on any atom is 0.0723 e. The minimum Gasteiger partial charge on any atom is -0.371 e. The summed E-state index contributed by atoms with van der Waals surface area (Å²) in [5, 5.41) is 1.24. The third-order valence-electron chi connectivity index (χ3n) is 4.67. The van der Waals surface area contributed by atoms with Gasteiger partial charge in [-0.3, -0.25) is 4.98 Å². The highest BCUT2D eigenvalue weighted by Crippen LogP contribution is 2.33. The lowest BCUT2D eigenvalue weighted by Gasteiger charge is -2.35. The number of hydrogen-bond acceptors (Lipinski definition) is 3. The zero-order valence-electron chi connectivity index (χ0n) is 12.9. The highest BCUT2D eigenvalue weighted by molar-refractivity contribution is 5.93. The van der Waals surface area contributed by atoms with Gasteiger partial charge in [0.2, 0.25) is 0 Å². The van der Waals surface area contributed by atoms with Crippen LogP contribution >= 0.6 is 0 Å². The van der Waals surface area contributed by atoms with Crippen molar-refractivity contribution in [3.8, 4) is 0 Å². The Bertz CT molecular complexity index is 600. The number of nitrogens with two attached hydrogens (primary N) is 1. The van der Waals surface area contributed by atoms with Crippen molar-refractivity contribution in [1.29, 1.82) is 0 Å². The Hall–Kier alpha value is -1.61. The lowest BCUT2D eigenvalue weighted by atomic mass is 9.91. The first-order valence-corrected chi connectivity index (χ1v) is 8.15. The van der Waals surface area contributed by atoms with Gasteiger partial charge >= 0.3 is 0 Å². The van der Waals surface area contributed by atoms with E-state index < -0.39 is 0 Å². The van der Waals surface area contributed by atoms with Gasteiger partial charge in [0.1, 0.15) is 0 Å². The van der Waals surface area contributed by atoms with Crippen LogP contribution in [0.2, 0.25) is 0 Å². The lowest BCUT2D eigenvalue weighted by molar-refractivity contribution is 0.378. The van der Waals surface area contributed by atoms with Gasteiger partial charge in [0.05, 0.1) is 11.2 Å². The van der Waals surface area contributed by atoms with Crippen LogP contribution in [0, 0.1) is 5.92 Å². The Kier molecular flexibility index (Phi) is 4.39. The SMILES string of the molecule is CCCC1CCN(c2c(CN)cnc3ccccc23)CC1. The maximum absolute atomic E-state index is 5.96. The minimum absolute atomic E-state index is 0.558. The highest BCUT2D eigenvalue weighted by Gasteiger charge is 2.22. The first-order valence-electron chi connectivity index (χ1n) is 8.15. The second-order valence-electron chi connectivity index (χ2n) is 6.07. The number of nitrogens with zero attached hydrogens (tertiary/aromatic N) is 2. The number of rotatable bonds is 4. The number of benzene rings is 1. The van der Waals surface area contributed by atoms with Gasteiger partial charge < -0.3 is 10.6 Å². The summed E-state index contributed by atoms with van der Waals surface area (Å²) >= 11 is 0. The molecule has 3 nitrogen and oxygen atoms in total. The van der Waals surface area contributed by atoms with Crippen molar-refractivity contribution in [3.05, 3.63) is 36.0 Å². The van der Waals surface area contributed by atoms with Crippen LogP contribution in [0.5, 0.6) is 0 Å². The van der Waals surface area contributed by atoms with Crippen LogP contribution in [0.1, 0.15) is 38.2 Å². The smallest absolute Gasteiger partial charge is 0.0723 e. The van der Waals surface area contributed by atoms with Crippen molar-refractivity contribution < 1.29 is 0 Å². The fourth-order valence-corrected chi connectivity index (χ4v) is 3.54. The van der Waals surface area contributed by atoms with Crippen molar-refractivity contribution in [2.45, 2.75) is 39.2 Å². The molecule has 1 aliphatic rings. The van der Waals surface area contributed by atoms with Gasteiger partial charge in [-0.1, -0.05) is 38.0 Å². The molecule has 3 rings (SSSR count). The summed E-state index contributed by atoms with van der Waals surface area (Å²) < 4.78 is 0. The van der Waals surface area contributed by atoms with Gasteiger partial charge in [-0.25, -0.2) is 0 Å². The number of pyridine rings is 1. The Morgan fingerprint density at radius 3 is 2.71 bits per heavy atom. The van der Waals surface area contributed by atoms with Crippen LogP contribution in [0.3, 0.4) is 0 Å². The Labute approximate surface area is 127 Å². The quantitative estimate of drug-likeness (QED) is 0.930. The molecule has 112 valence electrons. The van der Waals surface area contributed by atoms with Crippen LogP contribution in [-0.4, -0.2) is 18.1 Å². The predicted octanol–water partition coefficient (Wildman–Crippen LogP) is 3.71. The van der Waals surface area contributed by atoms with Gasteiger partial charge in [0.25, 0.3) is 0 Å². The molecule has 2 heterocycles. The minimum atomic E-state index is 0.558. The molecule has 0 radical (unpaired) electrons. The zero-order valence-corrected chi connectivity index (χ0v) is 12.9. The normalized spacial score (nSPS) is 16.6. The van der Waals surface area contributed by atoms with Gasteiger partial charge in [0, 0.05) is 36.8 Å². The monoisotopic (exact) mass is 283 g/mol. The van der Waals surface area contributed by atoms with Gasteiger partial charge in [-0.2, -0.15) is 0 Å². The van der Waals surface area contributed by atoms with Crippen molar-refractivity contribution in [2.24, 2.45) is 11.7 Å². The number of para-hydroxylation sites is 1. The second kappa shape index (κ2) is 6.44. The molecule has 1 saturated heterocycles. The molecule has 1 aliphatic heterocycles. The third kappa shape index (κ3) is 2.88. The summed E-state index contributed by atoms with van der Waals surface area (Å²) in [6.07, 6.45) is 7.23. The summed E-state index contributed by atoms with van der Waals surface area (Å²) in [6, 6.07) is 8.41. The van der Waals surface area contributed by atoms with Crippen LogP contribution in [-0.2, 0) is 6.54 Å². The van der Waals surface area contributed by atoms with E-state index in [1.54, 1.807) is 0 Å². The Balaban J connectivity index is 1.92. The summed E-state index contributed by atoms with van der Waals surface area (Å²) in [6.45, 7) is 5.13. The van der Waals surface area contributed by atoms with E-state index in [0.29, 0.717) is 6.54 Å². The van der Waals surface area contributed by atoms with E-state index in [1.807, 2.05) is 6.20 Å². The first-order chi connectivity index (χ1) is 10.3. The summed E-state index contributed by atoms with van der Waals surface area (Å²) in [7, 11) is 0. The molecule has 0 saturated carbocycles. The zero-order chi connectivity index (χ0) is 14.7. The maximum atomic E-state index is 5.96. The van der Waals surface area contributed by atoms with E-state index >= 15 is 0 Å². The van der Waals surface area contributed by atoms with Crippen LogP contribution in [0.4, 0.5) is 5.69 Å². The molecule has 0 aliphatic carbocycles. The average Bonchev–Trinajstić information content (AvgIpc) is 2.55. The Morgan fingerprint density at radius 2 is 2.00 bits per heavy atom. The summed E-state index contributed by atoms with van der Waals surface area (Å²) in [4.78, 5) is 7.07. The molecule has 2 aromatic rings. The Morgan fingerprint density at radius 1 is 1.24 bits per heavy atom. The van der Waals surface area contributed by atoms with E-state index in [9.17, 15) is 0 Å². The fraction of sp³-hybridized carbons (Fsp3) is 0.500. The molecule has 0 bridgehead atoms. The molecule has 0 unspecified atom stereocenters. The molecule has 2 N–H and O–H groups in total. The van der Waals surface area contributed by atoms with Crippen molar-refractivity contribution in [3.63, 3.8) is 0 Å². The molecule has 1 aromatic carbocycles. The average molecular weight is 283 g/mol. The summed E-state index contributed by atoms with van der Waals surface area (Å²) in [5.41, 5.74) is 9.51. The molecular weight excluding hydrogens is 258 g/mol. The van der Waals surface area contributed by atoms with E-state index in [4.69, 9.17) is 5.73 Å². The molecule has 3 heteroatoms. The van der Waals surface area contributed by atoms with E-state index in [0.717, 1.165) is 24.5 Å². The van der Waals surface area contributed by atoms with E-state index in [1.165, 1.54) is 42.3 Å². The molecular formula is C18H25N3. The van der Waals surface area contributed by atoms with E-state index in [2.05, 4.69) is 41.1 Å². The molecule has 0 atom stereocenters. The molecule has 21 heavy (non-hydrogen) atoms. The van der Waals surface area contributed by atoms with Gasteiger partial charge in [0.15, 0.2) is 0 Å². The van der Waals surface area contributed by atoms with Gasteiger partial charge in [-0.05, 0) is 24.8 Å². The predicted molar refractivity (Wildman–Crippen MR) is 89.5 cm³/mol. The molecule has 1 fully saturated rings. The van der Waals surface area contributed by atoms with E-state index in [-0.39, 0.29) is 0 Å². The third-order valence-corrected chi connectivity index (χ3v) is 4.67. The lowest BCUT2D eigenvalue weighted by Crippen LogP contribution is -2.34. The molecule has 0 amide bonds. The fourth-order valence-electron chi connectivity index (χ4n) is 3.54. The second-order valence-corrected chi connectivity index (χ2v) is 6.07. The number of anilines is 1. The van der Waals surface area contributed by atoms with Crippen molar-refractivity contribution >= 4 is 16.6 Å². The largest absolute Gasteiger partial charge is 0.371 e. The molecule has 0 spiro atoms. The highest BCUT2D eigenvalue weighted by atomic mass is 15.1. The topological polar surface area (TPSA) is 42.1 Å². The summed E-state index contributed by atoms with van der Waals surface area (Å²) in [5.74, 6) is 0.903. The standard InChI is InChI=1S/C18H25N3/c1-2-5-14-8-10-21(11-9-14)18-15(12-19)13-20-17-7-4-3-6-16(17)18/h3-4,6-7,13-14H,2,5,8-12,19H2,1H3. The van der Waals surface area contributed by atoms with Crippen molar-refractivity contribution in [1.82, 2.24) is 4.98 Å². The molecule has 1 aromatic heterocycles. The number of hydrogen-bond donors (Lipinski definition) is 1. The van der Waals surface area contributed by atoms with Gasteiger partial charge in [-0.15, -0.1) is 0 Å².